The predicted octanol–water partition coefficient (Wildman–Crippen LogP) is 0.388. The lowest BCUT2D eigenvalue weighted by atomic mass is 10.00. The Kier molecular flexibility index (Phi) is 4.97. The van der Waals surface area contributed by atoms with Gasteiger partial charge in [0.2, 0.25) is 0 Å². The Morgan fingerprint density at radius 1 is 1.41 bits per heavy atom. The van der Waals surface area contributed by atoms with Crippen LogP contribution < -0.4 is 10.9 Å². The van der Waals surface area contributed by atoms with Gasteiger partial charge in [-0.25, -0.2) is 5.10 Å². The molecule has 0 bridgehead atoms. The lowest BCUT2D eigenvalue weighted by Crippen LogP contribution is -2.58. The molecule has 22 heavy (non-hydrogen) atoms. The van der Waals surface area contributed by atoms with Crippen LogP contribution in [0.5, 0.6) is 0 Å². The summed E-state index contributed by atoms with van der Waals surface area (Å²) in [5.74, 6) is -0.293. The third kappa shape index (κ3) is 4.14. The highest BCUT2D eigenvalue weighted by molar-refractivity contribution is 5.92. The number of morpholine rings is 1. The van der Waals surface area contributed by atoms with Gasteiger partial charge in [0.05, 0.1) is 12.2 Å². The van der Waals surface area contributed by atoms with Gasteiger partial charge in [0, 0.05) is 31.2 Å². The van der Waals surface area contributed by atoms with Crippen LogP contribution in [0.15, 0.2) is 16.9 Å². The zero-order chi connectivity index (χ0) is 16.3. The Balaban J connectivity index is 1.95. The molecule has 1 aromatic rings. The molecule has 1 aliphatic heterocycles. The Labute approximate surface area is 130 Å². The summed E-state index contributed by atoms with van der Waals surface area (Å²) < 4.78 is 5.74. The summed E-state index contributed by atoms with van der Waals surface area (Å²) in [6.45, 7) is 10.5. The molecule has 0 aromatic carbocycles. The Bertz CT molecular complexity index is 554. The molecule has 1 fully saturated rings. The molecule has 0 saturated carbocycles. The molecule has 7 heteroatoms. The van der Waals surface area contributed by atoms with Crippen molar-refractivity contribution in [2.45, 2.75) is 45.4 Å². The summed E-state index contributed by atoms with van der Waals surface area (Å²) in [6, 6.07) is 2.71. The van der Waals surface area contributed by atoms with Crippen LogP contribution >= 0.6 is 0 Å². The van der Waals surface area contributed by atoms with Crippen molar-refractivity contribution in [3.8, 4) is 0 Å². The van der Waals surface area contributed by atoms with E-state index >= 15 is 0 Å². The molecular weight excluding hydrogens is 284 g/mol. The van der Waals surface area contributed by atoms with E-state index in [0.29, 0.717) is 6.54 Å². The standard InChI is InChI=1S/C15H24N4O3/c1-10-7-19(8-11(2)22-10)15(3,4)9-16-14(21)12-5-6-13(20)18-17-12/h5-6,10-11H,7-9H2,1-4H3,(H,16,21)(H,18,20). The van der Waals surface area contributed by atoms with Gasteiger partial charge in [-0.15, -0.1) is 0 Å². The Morgan fingerprint density at radius 2 is 2.05 bits per heavy atom. The first-order chi connectivity index (χ1) is 10.3. The van der Waals surface area contributed by atoms with E-state index in [1.54, 1.807) is 0 Å². The lowest BCUT2D eigenvalue weighted by Gasteiger charge is -2.45. The number of nitrogens with one attached hydrogen (secondary N) is 2. The fraction of sp³-hybridized carbons (Fsp3) is 0.667. The second-order valence-corrected chi connectivity index (χ2v) is 6.46. The highest BCUT2D eigenvalue weighted by Gasteiger charge is 2.33. The third-order valence-electron chi connectivity index (χ3n) is 3.87. The molecule has 1 amide bonds. The van der Waals surface area contributed by atoms with Gasteiger partial charge in [0.1, 0.15) is 5.69 Å². The SMILES string of the molecule is CC1CN(C(C)(C)CNC(=O)c2ccc(=O)[nH]n2)CC(C)O1. The smallest absolute Gasteiger partial charge is 0.271 e. The number of hydrogen-bond acceptors (Lipinski definition) is 5. The molecule has 7 nitrogen and oxygen atoms in total. The number of rotatable bonds is 4. The van der Waals surface area contributed by atoms with E-state index in [0.717, 1.165) is 13.1 Å². The second kappa shape index (κ2) is 6.58. The fourth-order valence-electron chi connectivity index (χ4n) is 2.64. The number of amides is 1. The van der Waals surface area contributed by atoms with Gasteiger partial charge in [0.15, 0.2) is 0 Å². The van der Waals surface area contributed by atoms with Crippen LogP contribution in [0.2, 0.25) is 0 Å². The van der Waals surface area contributed by atoms with Crippen molar-refractivity contribution in [1.82, 2.24) is 20.4 Å². The zero-order valence-corrected chi connectivity index (χ0v) is 13.5. The van der Waals surface area contributed by atoms with Gasteiger partial charge in [-0.1, -0.05) is 0 Å². The molecule has 2 heterocycles. The van der Waals surface area contributed by atoms with Crippen molar-refractivity contribution < 1.29 is 9.53 Å². The van der Waals surface area contributed by atoms with E-state index in [1.807, 2.05) is 0 Å². The maximum Gasteiger partial charge on any atom is 0.271 e. The van der Waals surface area contributed by atoms with Gasteiger partial charge >= 0.3 is 0 Å². The molecule has 0 radical (unpaired) electrons. The van der Waals surface area contributed by atoms with Gasteiger partial charge in [0.25, 0.3) is 11.5 Å². The van der Waals surface area contributed by atoms with Gasteiger partial charge in [-0.2, -0.15) is 5.10 Å². The third-order valence-corrected chi connectivity index (χ3v) is 3.87. The predicted molar refractivity (Wildman–Crippen MR) is 82.9 cm³/mol. The maximum absolute atomic E-state index is 12.1. The minimum absolute atomic E-state index is 0.180. The number of hydrogen-bond donors (Lipinski definition) is 2. The summed E-state index contributed by atoms with van der Waals surface area (Å²) in [7, 11) is 0. The molecule has 1 saturated heterocycles. The number of carbonyl (C=O) groups is 1. The van der Waals surface area contributed by atoms with E-state index in [1.165, 1.54) is 12.1 Å². The van der Waals surface area contributed by atoms with Crippen LogP contribution in [-0.2, 0) is 4.74 Å². The fourth-order valence-corrected chi connectivity index (χ4v) is 2.64. The number of nitrogens with zero attached hydrogens (tertiary/aromatic N) is 2. The van der Waals surface area contributed by atoms with E-state index in [4.69, 9.17) is 4.74 Å². The van der Waals surface area contributed by atoms with Gasteiger partial charge in [-0.3, -0.25) is 14.5 Å². The zero-order valence-electron chi connectivity index (χ0n) is 13.5. The van der Waals surface area contributed by atoms with Crippen molar-refractivity contribution in [1.29, 1.82) is 0 Å². The number of carbonyl (C=O) groups excluding carboxylic acids is 1. The van der Waals surface area contributed by atoms with Crippen molar-refractivity contribution >= 4 is 5.91 Å². The molecule has 0 aliphatic carbocycles. The first-order valence-corrected chi connectivity index (χ1v) is 7.52. The largest absolute Gasteiger partial charge is 0.373 e. The van der Waals surface area contributed by atoms with Gasteiger partial charge < -0.3 is 10.1 Å². The van der Waals surface area contributed by atoms with Gasteiger partial charge in [-0.05, 0) is 33.8 Å². The summed E-state index contributed by atoms with van der Waals surface area (Å²) in [6.07, 6.45) is 0.360. The van der Waals surface area contributed by atoms with Crippen molar-refractivity contribution in [2.75, 3.05) is 19.6 Å². The number of aromatic nitrogens is 2. The number of aromatic amines is 1. The Morgan fingerprint density at radius 3 is 2.59 bits per heavy atom. The lowest BCUT2D eigenvalue weighted by molar-refractivity contribution is -0.0948. The first-order valence-electron chi connectivity index (χ1n) is 7.52. The van der Waals surface area contributed by atoms with E-state index in [9.17, 15) is 9.59 Å². The number of ether oxygens (including phenoxy) is 1. The summed E-state index contributed by atoms with van der Waals surface area (Å²) in [4.78, 5) is 25.4. The normalized spacial score (nSPS) is 23.3. The van der Waals surface area contributed by atoms with E-state index in [-0.39, 0.29) is 34.9 Å². The molecule has 2 atom stereocenters. The van der Waals surface area contributed by atoms with Crippen LogP contribution in [-0.4, -0.2) is 58.4 Å². The van der Waals surface area contributed by atoms with Crippen LogP contribution in [0.25, 0.3) is 0 Å². The van der Waals surface area contributed by atoms with Crippen LogP contribution in [0.4, 0.5) is 0 Å². The van der Waals surface area contributed by atoms with E-state index < -0.39 is 0 Å². The highest BCUT2D eigenvalue weighted by atomic mass is 16.5. The first kappa shape index (κ1) is 16.6. The molecule has 2 N–H and O–H groups in total. The number of H-pyrrole nitrogens is 1. The quantitative estimate of drug-likeness (QED) is 0.840. The second-order valence-electron chi connectivity index (χ2n) is 6.46. The molecule has 2 unspecified atom stereocenters. The monoisotopic (exact) mass is 308 g/mol. The summed E-state index contributed by atoms with van der Waals surface area (Å²) >= 11 is 0. The summed E-state index contributed by atoms with van der Waals surface area (Å²) in [5, 5.41) is 8.87. The highest BCUT2D eigenvalue weighted by Crippen LogP contribution is 2.20. The Hall–Kier alpha value is -1.73. The minimum atomic E-state index is -0.326. The van der Waals surface area contributed by atoms with Crippen molar-refractivity contribution in [3.05, 3.63) is 28.2 Å². The maximum atomic E-state index is 12.1. The van der Waals surface area contributed by atoms with Crippen LogP contribution in [0.3, 0.4) is 0 Å². The van der Waals surface area contributed by atoms with E-state index in [2.05, 4.69) is 48.1 Å². The summed E-state index contributed by atoms with van der Waals surface area (Å²) in [5.41, 5.74) is -0.309. The average Bonchev–Trinajstić information content (AvgIpc) is 2.44. The molecule has 0 spiro atoms. The van der Waals surface area contributed by atoms with Crippen LogP contribution in [0.1, 0.15) is 38.2 Å². The minimum Gasteiger partial charge on any atom is -0.373 e. The van der Waals surface area contributed by atoms with Crippen LogP contribution in [0, 0.1) is 0 Å². The van der Waals surface area contributed by atoms with Crippen molar-refractivity contribution in [2.24, 2.45) is 0 Å². The molecule has 122 valence electrons. The molecule has 2 rings (SSSR count). The van der Waals surface area contributed by atoms with Crippen molar-refractivity contribution in [3.63, 3.8) is 0 Å². The molecule has 1 aliphatic rings. The molecular formula is C15H24N4O3. The molecule has 1 aromatic heterocycles. The average molecular weight is 308 g/mol. The topological polar surface area (TPSA) is 87.3 Å².